The molecule has 0 saturated carbocycles. The molecule has 0 aromatic heterocycles. The minimum absolute atomic E-state index is 0.0506. The first kappa shape index (κ1) is 12.1. The average Bonchev–Trinajstić information content (AvgIpc) is 2.09. The summed E-state index contributed by atoms with van der Waals surface area (Å²) in [5, 5.41) is 12.0. The van der Waals surface area contributed by atoms with E-state index in [-0.39, 0.29) is 17.1 Å². The van der Waals surface area contributed by atoms with E-state index < -0.39 is 17.5 Å². The molecule has 0 unspecified atom stereocenters. The largest absolute Gasteiger partial charge is 0.507 e. The molecule has 2 N–H and O–H groups in total. The summed E-state index contributed by atoms with van der Waals surface area (Å²) in [6.07, 6.45) is -4.60. The van der Waals surface area contributed by atoms with Crippen molar-refractivity contribution >= 4 is 11.6 Å². The second kappa shape index (κ2) is 4.28. The van der Waals surface area contributed by atoms with Crippen molar-refractivity contribution in [3.63, 3.8) is 0 Å². The molecular formula is C9H9ClF3NO. The Morgan fingerprint density at radius 2 is 2.00 bits per heavy atom. The quantitative estimate of drug-likeness (QED) is 0.832. The van der Waals surface area contributed by atoms with Gasteiger partial charge >= 0.3 is 6.18 Å². The molecule has 15 heavy (non-hydrogen) atoms. The van der Waals surface area contributed by atoms with Crippen molar-refractivity contribution in [3.05, 3.63) is 28.3 Å². The lowest BCUT2D eigenvalue weighted by Crippen LogP contribution is -2.10. The minimum atomic E-state index is -4.60. The van der Waals surface area contributed by atoms with Gasteiger partial charge < -0.3 is 10.4 Å². The molecule has 6 heteroatoms. The van der Waals surface area contributed by atoms with Crippen LogP contribution in [0.1, 0.15) is 11.1 Å². The van der Waals surface area contributed by atoms with E-state index in [9.17, 15) is 18.3 Å². The van der Waals surface area contributed by atoms with Gasteiger partial charge in [-0.3, -0.25) is 0 Å². The Kier molecular flexibility index (Phi) is 3.46. The van der Waals surface area contributed by atoms with Gasteiger partial charge in [0.2, 0.25) is 0 Å². The van der Waals surface area contributed by atoms with Crippen molar-refractivity contribution in [3.8, 4) is 5.75 Å². The highest BCUT2D eigenvalue weighted by Gasteiger charge is 2.35. The fourth-order valence-electron chi connectivity index (χ4n) is 1.20. The molecular weight excluding hydrogens is 231 g/mol. The van der Waals surface area contributed by atoms with Gasteiger partial charge in [-0.15, -0.1) is 0 Å². The Labute approximate surface area is 89.7 Å². The zero-order valence-electron chi connectivity index (χ0n) is 7.82. The van der Waals surface area contributed by atoms with E-state index in [1.165, 1.54) is 6.07 Å². The van der Waals surface area contributed by atoms with Crippen LogP contribution in [0.15, 0.2) is 12.1 Å². The monoisotopic (exact) mass is 239 g/mol. The molecule has 0 aliphatic rings. The second-order valence-electron chi connectivity index (χ2n) is 2.99. The van der Waals surface area contributed by atoms with E-state index in [2.05, 4.69) is 5.32 Å². The van der Waals surface area contributed by atoms with Crippen LogP contribution in [-0.2, 0) is 12.7 Å². The summed E-state index contributed by atoms with van der Waals surface area (Å²) in [5.74, 6) is -0.777. The van der Waals surface area contributed by atoms with Crippen molar-refractivity contribution in [1.29, 1.82) is 0 Å². The van der Waals surface area contributed by atoms with Gasteiger partial charge in [-0.1, -0.05) is 11.6 Å². The van der Waals surface area contributed by atoms with Crippen LogP contribution in [0.3, 0.4) is 0 Å². The van der Waals surface area contributed by atoms with Gasteiger partial charge in [0.05, 0.1) is 5.56 Å². The smallest absolute Gasteiger partial charge is 0.420 e. The first-order valence-electron chi connectivity index (χ1n) is 4.09. The Morgan fingerprint density at radius 3 is 2.47 bits per heavy atom. The number of hydrogen-bond acceptors (Lipinski definition) is 2. The van der Waals surface area contributed by atoms with E-state index in [0.29, 0.717) is 6.07 Å². The second-order valence-corrected chi connectivity index (χ2v) is 3.43. The highest BCUT2D eigenvalue weighted by atomic mass is 35.5. The Bertz CT molecular complexity index is 365. The van der Waals surface area contributed by atoms with Gasteiger partial charge in [0.1, 0.15) is 5.75 Å². The third kappa shape index (κ3) is 2.76. The molecule has 0 heterocycles. The molecule has 0 bridgehead atoms. The third-order valence-corrected chi connectivity index (χ3v) is 2.04. The van der Waals surface area contributed by atoms with E-state index in [4.69, 9.17) is 11.6 Å². The molecule has 1 aromatic rings. The van der Waals surface area contributed by atoms with Crippen molar-refractivity contribution in [2.45, 2.75) is 12.7 Å². The van der Waals surface area contributed by atoms with Gasteiger partial charge in [-0.2, -0.15) is 13.2 Å². The van der Waals surface area contributed by atoms with Gasteiger partial charge in [-0.25, -0.2) is 0 Å². The summed E-state index contributed by atoms with van der Waals surface area (Å²) in [6.45, 7) is 0.121. The number of benzene rings is 1. The van der Waals surface area contributed by atoms with E-state index in [1.807, 2.05) is 0 Å². The third-order valence-electron chi connectivity index (χ3n) is 1.83. The van der Waals surface area contributed by atoms with Crippen LogP contribution in [0, 0.1) is 0 Å². The SMILES string of the molecule is CNCc1cc(Cl)cc(C(F)(F)F)c1O. The predicted octanol–water partition coefficient (Wildman–Crippen LogP) is 2.78. The van der Waals surface area contributed by atoms with E-state index in [0.717, 1.165) is 0 Å². The maximum atomic E-state index is 12.4. The topological polar surface area (TPSA) is 32.3 Å². The fraction of sp³-hybridized carbons (Fsp3) is 0.333. The fourth-order valence-corrected chi connectivity index (χ4v) is 1.44. The summed E-state index contributed by atoms with van der Waals surface area (Å²) < 4.78 is 37.2. The molecule has 84 valence electrons. The van der Waals surface area contributed by atoms with Crippen molar-refractivity contribution in [2.24, 2.45) is 0 Å². The Morgan fingerprint density at radius 1 is 1.40 bits per heavy atom. The zero-order chi connectivity index (χ0) is 11.6. The average molecular weight is 240 g/mol. The van der Waals surface area contributed by atoms with E-state index in [1.54, 1.807) is 7.05 Å². The number of rotatable bonds is 2. The van der Waals surface area contributed by atoms with Crippen LogP contribution in [0.4, 0.5) is 13.2 Å². The lowest BCUT2D eigenvalue weighted by atomic mass is 10.1. The Hall–Kier alpha value is -0.940. The normalized spacial score (nSPS) is 11.8. The van der Waals surface area contributed by atoms with Crippen LogP contribution in [-0.4, -0.2) is 12.2 Å². The molecule has 0 atom stereocenters. The maximum absolute atomic E-state index is 12.4. The number of halogens is 4. The first-order chi connectivity index (χ1) is 6.86. The summed E-state index contributed by atoms with van der Waals surface area (Å²) in [7, 11) is 1.56. The predicted molar refractivity (Wildman–Crippen MR) is 50.9 cm³/mol. The Balaban J connectivity index is 3.28. The highest BCUT2D eigenvalue weighted by molar-refractivity contribution is 6.30. The molecule has 0 aliphatic heterocycles. The van der Waals surface area contributed by atoms with Crippen molar-refractivity contribution in [2.75, 3.05) is 7.05 Å². The van der Waals surface area contributed by atoms with Crippen LogP contribution < -0.4 is 5.32 Å². The molecule has 0 radical (unpaired) electrons. The summed E-state index contributed by atoms with van der Waals surface area (Å²) >= 11 is 5.52. The lowest BCUT2D eigenvalue weighted by Gasteiger charge is -2.13. The van der Waals surface area contributed by atoms with Gasteiger partial charge in [0.15, 0.2) is 0 Å². The van der Waals surface area contributed by atoms with Crippen LogP contribution in [0.5, 0.6) is 5.75 Å². The van der Waals surface area contributed by atoms with Crippen molar-refractivity contribution < 1.29 is 18.3 Å². The standard InChI is InChI=1S/C9H9ClF3NO/c1-14-4-5-2-6(10)3-7(8(5)15)9(11,12)13/h2-3,14-15H,4H2,1H3. The lowest BCUT2D eigenvalue weighted by molar-refractivity contribution is -0.138. The minimum Gasteiger partial charge on any atom is -0.507 e. The van der Waals surface area contributed by atoms with Crippen LogP contribution in [0.25, 0.3) is 0 Å². The molecule has 0 saturated heterocycles. The van der Waals surface area contributed by atoms with Crippen molar-refractivity contribution in [1.82, 2.24) is 5.32 Å². The maximum Gasteiger partial charge on any atom is 0.420 e. The summed E-state index contributed by atoms with van der Waals surface area (Å²) in [5.41, 5.74) is -0.988. The first-order valence-corrected chi connectivity index (χ1v) is 4.47. The number of phenols is 1. The number of nitrogens with one attached hydrogen (secondary N) is 1. The van der Waals surface area contributed by atoms with Gasteiger partial charge in [-0.05, 0) is 19.2 Å². The highest BCUT2D eigenvalue weighted by Crippen LogP contribution is 2.39. The molecule has 0 spiro atoms. The molecule has 1 rings (SSSR count). The number of alkyl halides is 3. The zero-order valence-corrected chi connectivity index (χ0v) is 8.58. The summed E-state index contributed by atoms with van der Waals surface area (Å²) in [6, 6.07) is 2.00. The molecule has 0 aliphatic carbocycles. The number of hydrogen-bond donors (Lipinski definition) is 2. The molecule has 0 amide bonds. The van der Waals surface area contributed by atoms with Gasteiger partial charge in [0.25, 0.3) is 0 Å². The van der Waals surface area contributed by atoms with Crippen LogP contribution in [0.2, 0.25) is 5.02 Å². The summed E-state index contributed by atoms with van der Waals surface area (Å²) in [4.78, 5) is 0. The van der Waals surface area contributed by atoms with E-state index >= 15 is 0 Å². The number of aromatic hydroxyl groups is 1. The molecule has 0 fully saturated rings. The molecule has 2 nitrogen and oxygen atoms in total. The number of phenolic OH excluding ortho intramolecular Hbond substituents is 1. The van der Waals surface area contributed by atoms with Crippen LogP contribution >= 0.6 is 11.6 Å². The van der Waals surface area contributed by atoms with Gasteiger partial charge in [0, 0.05) is 17.1 Å². The molecule has 1 aromatic carbocycles.